The van der Waals surface area contributed by atoms with E-state index in [1.54, 1.807) is 6.21 Å². The standard InChI is InChI=1S/C22H14BrIN2O/c23-17-7-3-15(4-8-17)2-1-13-25-19-11-12-21-20(14-19)26-22(27-21)16-5-9-18(24)10-6-16/h1-14H. The number of halogens is 2. The number of benzene rings is 3. The van der Waals surface area contributed by atoms with E-state index in [0.29, 0.717) is 5.89 Å². The fourth-order valence-corrected chi connectivity index (χ4v) is 3.19. The lowest BCUT2D eigenvalue weighted by Gasteiger charge is -1.94. The highest BCUT2D eigenvalue weighted by atomic mass is 127. The molecule has 0 amide bonds. The van der Waals surface area contributed by atoms with E-state index >= 15 is 0 Å². The molecule has 0 saturated heterocycles. The van der Waals surface area contributed by atoms with Gasteiger partial charge in [-0.25, -0.2) is 4.98 Å². The monoisotopic (exact) mass is 528 g/mol. The quantitative estimate of drug-likeness (QED) is 0.206. The fourth-order valence-electron chi connectivity index (χ4n) is 2.57. The van der Waals surface area contributed by atoms with E-state index in [2.05, 4.69) is 48.5 Å². The zero-order chi connectivity index (χ0) is 18.6. The highest BCUT2D eigenvalue weighted by Gasteiger charge is 2.08. The molecular formula is C22H14BrIN2O. The second-order valence-corrected chi connectivity index (χ2v) is 8.03. The van der Waals surface area contributed by atoms with Crippen molar-refractivity contribution in [3.05, 3.63) is 86.4 Å². The highest BCUT2D eigenvalue weighted by Crippen LogP contribution is 2.27. The van der Waals surface area contributed by atoms with E-state index in [9.17, 15) is 0 Å². The van der Waals surface area contributed by atoms with Gasteiger partial charge in [0.15, 0.2) is 5.58 Å². The van der Waals surface area contributed by atoms with Crippen LogP contribution in [-0.2, 0) is 0 Å². The van der Waals surface area contributed by atoms with Crippen LogP contribution in [0.1, 0.15) is 5.56 Å². The van der Waals surface area contributed by atoms with Crippen LogP contribution in [0.25, 0.3) is 28.6 Å². The first-order chi connectivity index (χ1) is 13.2. The zero-order valence-corrected chi connectivity index (χ0v) is 17.9. The predicted octanol–water partition coefficient (Wildman–Crippen LogP) is 7.28. The average Bonchev–Trinajstić information content (AvgIpc) is 3.10. The molecule has 0 N–H and O–H groups in total. The number of nitrogens with zero attached hydrogens (tertiary/aromatic N) is 2. The Hall–Kier alpha value is -2.25. The SMILES string of the molecule is Brc1ccc(C=CC=Nc2ccc3oc(-c4ccc(I)cc4)nc3c2)cc1. The molecule has 3 nitrogen and oxygen atoms in total. The molecule has 0 spiro atoms. The fraction of sp³-hybridized carbons (Fsp3) is 0. The van der Waals surface area contributed by atoms with Crippen LogP contribution < -0.4 is 0 Å². The van der Waals surface area contributed by atoms with Gasteiger partial charge in [0.25, 0.3) is 0 Å². The maximum Gasteiger partial charge on any atom is 0.227 e. The second kappa shape index (κ2) is 8.19. The summed E-state index contributed by atoms with van der Waals surface area (Å²) in [6.07, 6.45) is 5.72. The number of oxazole rings is 1. The maximum absolute atomic E-state index is 5.86. The van der Waals surface area contributed by atoms with Crippen molar-refractivity contribution in [3.8, 4) is 11.5 Å². The van der Waals surface area contributed by atoms with Crippen LogP contribution >= 0.6 is 38.5 Å². The first kappa shape index (κ1) is 18.1. The molecule has 4 aromatic rings. The van der Waals surface area contributed by atoms with Crippen molar-refractivity contribution in [3.63, 3.8) is 0 Å². The number of hydrogen-bond donors (Lipinski definition) is 0. The topological polar surface area (TPSA) is 38.4 Å². The third kappa shape index (κ3) is 4.54. The summed E-state index contributed by atoms with van der Waals surface area (Å²) in [4.78, 5) is 9.07. The average molecular weight is 529 g/mol. The number of allylic oxidation sites excluding steroid dienone is 1. The first-order valence-electron chi connectivity index (χ1n) is 8.30. The predicted molar refractivity (Wildman–Crippen MR) is 123 cm³/mol. The van der Waals surface area contributed by atoms with Crippen molar-refractivity contribution in [1.82, 2.24) is 4.98 Å². The molecular weight excluding hydrogens is 515 g/mol. The Morgan fingerprint density at radius 3 is 2.52 bits per heavy atom. The summed E-state index contributed by atoms with van der Waals surface area (Å²) < 4.78 is 8.11. The Morgan fingerprint density at radius 2 is 1.74 bits per heavy atom. The van der Waals surface area contributed by atoms with Gasteiger partial charge in [0.2, 0.25) is 5.89 Å². The van der Waals surface area contributed by atoms with Crippen molar-refractivity contribution in [2.24, 2.45) is 4.99 Å². The first-order valence-corrected chi connectivity index (χ1v) is 10.2. The van der Waals surface area contributed by atoms with Gasteiger partial charge in [-0.15, -0.1) is 0 Å². The lowest BCUT2D eigenvalue weighted by Crippen LogP contribution is -1.77. The molecule has 5 heteroatoms. The van der Waals surface area contributed by atoms with Gasteiger partial charge in [-0.05, 0) is 88.8 Å². The van der Waals surface area contributed by atoms with Crippen molar-refractivity contribution in [2.45, 2.75) is 0 Å². The lowest BCUT2D eigenvalue weighted by molar-refractivity contribution is 0.620. The molecule has 0 fully saturated rings. The molecule has 0 saturated carbocycles. The normalized spacial score (nSPS) is 11.8. The van der Waals surface area contributed by atoms with Crippen molar-refractivity contribution >= 4 is 67.6 Å². The van der Waals surface area contributed by atoms with Gasteiger partial charge in [-0.2, -0.15) is 0 Å². The molecule has 4 rings (SSSR count). The lowest BCUT2D eigenvalue weighted by atomic mass is 10.2. The molecule has 0 aliphatic carbocycles. The molecule has 1 heterocycles. The summed E-state index contributed by atoms with van der Waals surface area (Å²) in [7, 11) is 0. The van der Waals surface area contributed by atoms with Crippen LogP contribution in [0.15, 0.2) is 86.7 Å². The van der Waals surface area contributed by atoms with Crippen molar-refractivity contribution in [2.75, 3.05) is 0 Å². The van der Waals surface area contributed by atoms with E-state index < -0.39 is 0 Å². The Balaban J connectivity index is 1.52. The van der Waals surface area contributed by atoms with Gasteiger partial charge < -0.3 is 4.42 Å². The third-order valence-corrected chi connectivity index (χ3v) is 5.18. The zero-order valence-electron chi connectivity index (χ0n) is 14.1. The van der Waals surface area contributed by atoms with E-state index in [4.69, 9.17) is 4.42 Å². The molecule has 27 heavy (non-hydrogen) atoms. The van der Waals surface area contributed by atoms with Gasteiger partial charge in [-0.1, -0.05) is 34.1 Å². The molecule has 0 aliphatic heterocycles. The van der Waals surface area contributed by atoms with Gasteiger partial charge >= 0.3 is 0 Å². The summed E-state index contributed by atoms with van der Waals surface area (Å²) in [5.41, 5.74) is 4.49. The molecule has 0 bridgehead atoms. The minimum absolute atomic E-state index is 0.623. The second-order valence-electron chi connectivity index (χ2n) is 5.87. The summed E-state index contributed by atoms with van der Waals surface area (Å²) >= 11 is 5.71. The minimum Gasteiger partial charge on any atom is -0.436 e. The Labute approximate surface area is 179 Å². The smallest absolute Gasteiger partial charge is 0.227 e. The van der Waals surface area contributed by atoms with Gasteiger partial charge in [-0.3, -0.25) is 4.99 Å². The van der Waals surface area contributed by atoms with Crippen LogP contribution in [0.4, 0.5) is 5.69 Å². The van der Waals surface area contributed by atoms with Crippen LogP contribution in [0.5, 0.6) is 0 Å². The van der Waals surface area contributed by atoms with Crippen molar-refractivity contribution in [1.29, 1.82) is 0 Å². The Bertz CT molecular complexity index is 1130. The van der Waals surface area contributed by atoms with E-state index in [1.165, 1.54) is 3.57 Å². The molecule has 0 unspecified atom stereocenters. The Morgan fingerprint density at radius 1 is 0.963 bits per heavy atom. The van der Waals surface area contributed by atoms with E-state index in [0.717, 1.165) is 32.4 Å². The van der Waals surface area contributed by atoms with Crippen LogP contribution in [0.3, 0.4) is 0 Å². The number of fused-ring (bicyclic) bond motifs is 1. The number of hydrogen-bond acceptors (Lipinski definition) is 3. The van der Waals surface area contributed by atoms with E-state index in [1.807, 2.05) is 78.9 Å². The van der Waals surface area contributed by atoms with Crippen LogP contribution in [0, 0.1) is 3.57 Å². The molecule has 1 aromatic heterocycles. The molecule has 132 valence electrons. The Kier molecular flexibility index (Phi) is 5.50. The number of aliphatic imine (C=N–C) groups is 1. The van der Waals surface area contributed by atoms with E-state index in [-0.39, 0.29) is 0 Å². The number of aromatic nitrogens is 1. The molecule has 0 atom stereocenters. The number of rotatable bonds is 4. The van der Waals surface area contributed by atoms with Crippen LogP contribution in [-0.4, -0.2) is 11.2 Å². The minimum atomic E-state index is 0.623. The molecule has 0 radical (unpaired) electrons. The van der Waals surface area contributed by atoms with Gasteiger partial charge in [0.05, 0.1) is 5.69 Å². The highest BCUT2D eigenvalue weighted by molar-refractivity contribution is 14.1. The third-order valence-electron chi connectivity index (χ3n) is 3.93. The summed E-state index contributed by atoms with van der Waals surface area (Å²) in [5.74, 6) is 0.623. The van der Waals surface area contributed by atoms with Crippen molar-refractivity contribution < 1.29 is 4.42 Å². The van der Waals surface area contributed by atoms with Gasteiger partial charge in [0, 0.05) is 19.8 Å². The maximum atomic E-state index is 5.86. The summed E-state index contributed by atoms with van der Waals surface area (Å²) in [6.45, 7) is 0. The summed E-state index contributed by atoms with van der Waals surface area (Å²) in [5, 5.41) is 0. The molecule has 0 aliphatic rings. The van der Waals surface area contributed by atoms with Crippen LogP contribution in [0.2, 0.25) is 0 Å². The molecule has 3 aromatic carbocycles. The van der Waals surface area contributed by atoms with Gasteiger partial charge in [0.1, 0.15) is 5.52 Å². The summed E-state index contributed by atoms with van der Waals surface area (Å²) in [6, 6.07) is 22.0. The largest absolute Gasteiger partial charge is 0.436 e.